The summed E-state index contributed by atoms with van der Waals surface area (Å²) in [6.45, 7) is 11.8. The van der Waals surface area contributed by atoms with Gasteiger partial charge in [0.2, 0.25) is 0 Å². The van der Waals surface area contributed by atoms with Gasteiger partial charge < -0.3 is 15.4 Å². The van der Waals surface area contributed by atoms with E-state index in [1.165, 1.54) is 5.56 Å². The fraction of sp³-hybridized carbons (Fsp3) is 0.667. The van der Waals surface area contributed by atoms with Crippen LogP contribution in [0, 0.1) is 0 Å². The molecule has 4 nitrogen and oxygen atoms in total. The Morgan fingerprint density at radius 2 is 1.95 bits per heavy atom. The fourth-order valence-electron chi connectivity index (χ4n) is 3.07. The molecule has 0 atom stereocenters. The number of rotatable bonds is 8. The standard InChI is InChI=1S/C18H31N3O/c1-3-20(4-2)12-13-22-18-8-10-21(11-9-18)15-16-6-5-7-17(19)14-16/h5-7,14,18H,3-4,8-13,15,19H2,1-2H3. The molecule has 22 heavy (non-hydrogen) atoms. The normalized spacial score (nSPS) is 17.2. The maximum atomic E-state index is 6.05. The molecule has 0 radical (unpaired) electrons. The van der Waals surface area contributed by atoms with Gasteiger partial charge in [0.05, 0.1) is 12.7 Å². The molecule has 1 saturated heterocycles. The summed E-state index contributed by atoms with van der Waals surface area (Å²) in [5.74, 6) is 0. The molecule has 1 aromatic rings. The second-order valence-corrected chi connectivity index (χ2v) is 6.12. The lowest BCUT2D eigenvalue weighted by molar-refractivity contribution is -0.00223. The number of hydrogen-bond acceptors (Lipinski definition) is 4. The predicted octanol–water partition coefficient (Wildman–Crippen LogP) is 2.59. The topological polar surface area (TPSA) is 41.7 Å². The van der Waals surface area contributed by atoms with Crippen molar-refractivity contribution in [1.82, 2.24) is 9.80 Å². The number of benzene rings is 1. The highest BCUT2D eigenvalue weighted by atomic mass is 16.5. The van der Waals surface area contributed by atoms with Crippen LogP contribution in [0.1, 0.15) is 32.3 Å². The molecule has 0 amide bonds. The monoisotopic (exact) mass is 305 g/mol. The van der Waals surface area contributed by atoms with Gasteiger partial charge >= 0.3 is 0 Å². The number of hydrogen-bond donors (Lipinski definition) is 1. The number of likely N-dealkylation sites (N-methyl/N-ethyl adjacent to an activating group) is 1. The third-order valence-corrected chi connectivity index (χ3v) is 4.55. The molecular weight excluding hydrogens is 274 g/mol. The highest BCUT2D eigenvalue weighted by Crippen LogP contribution is 2.17. The Hall–Kier alpha value is -1.10. The van der Waals surface area contributed by atoms with Gasteiger partial charge in [-0.2, -0.15) is 0 Å². The minimum absolute atomic E-state index is 0.438. The molecule has 0 aromatic heterocycles. The summed E-state index contributed by atoms with van der Waals surface area (Å²) in [7, 11) is 0. The van der Waals surface area contributed by atoms with Crippen LogP contribution in [0.25, 0.3) is 0 Å². The van der Waals surface area contributed by atoms with Crippen molar-refractivity contribution in [2.45, 2.75) is 39.3 Å². The molecule has 1 fully saturated rings. The molecule has 0 spiro atoms. The Morgan fingerprint density at radius 1 is 1.23 bits per heavy atom. The third kappa shape index (κ3) is 5.59. The van der Waals surface area contributed by atoms with Crippen LogP contribution in [-0.4, -0.2) is 55.2 Å². The van der Waals surface area contributed by atoms with Gasteiger partial charge in [0.1, 0.15) is 0 Å². The van der Waals surface area contributed by atoms with E-state index < -0.39 is 0 Å². The largest absolute Gasteiger partial charge is 0.399 e. The minimum atomic E-state index is 0.438. The first-order chi connectivity index (χ1) is 10.7. The Morgan fingerprint density at radius 3 is 2.59 bits per heavy atom. The molecule has 0 bridgehead atoms. The summed E-state index contributed by atoms with van der Waals surface area (Å²) in [5, 5.41) is 0. The van der Waals surface area contributed by atoms with Crippen molar-refractivity contribution in [3.05, 3.63) is 29.8 Å². The van der Waals surface area contributed by atoms with Crippen molar-refractivity contribution in [2.24, 2.45) is 0 Å². The maximum absolute atomic E-state index is 6.05. The van der Waals surface area contributed by atoms with E-state index in [1.54, 1.807) is 0 Å². The van der Waals surface area contributed by atoms with Gasteiger partial charge in [0.15, 0.2) is 0 Å². The molecule has 124 valence electrons. The first kappa shape index (κ1) is 17.3. The van der Waals surface area contributed by atoms with Crippen LogP contribution in [0.3, 0.4) is 0 Å². The smallest absolute Gasteiger partial charge is 0.0600 e. The Balaban J connectivity index is 1.65. The maximum Gasteiger partial charge on any atom is 0.0600 e. The molecule has 0 unspecified atom stereocenters. The summed E-state index contributed by atoms with van der Waals surface area (Å²) in [5.41, 5.74) is 8.01. The lowest BCUT2D eigenvalue weighted by Gasteiger charge is -2.32. The van der Waals surface area contributed by atoms with Gasteiger partial charge in [0, 0.05) is 31.9 Å². The molecule has 4 heteroatoms. The summed E-state index contributed by atoms with van der Waals surface area (Å²) in [4.78, 5) is 4.91. The third-order valence-electron chi connectivity index (χ3n) is 4.55. The van der Waals surface area contributed by atoms with Gasteiger partial charge in [-0.15, -0.1) is 0 Å². The Labute approximate surface area is 135 Å². The van der Waals surface area contributed by atoms with Crippen molar-refractivity contribution in [3.8, 4) is 0 Å². The Kier molecular flexibility index (Phi) is 7.16. The van der Waals surface area contributed by atoms with E-state index in [9.17, 15) is 0 Å². The average Bonchev–Trinajstić information content (AvgIpc) is 2.53. The summed E-state index contributed by atoms with van der Waals surface area (Å²) in [6, 6.07) is 8.21. The number of nitrogens with two attached hydrogens (primary N) is 1. The zero-order valence-electron chi connectivity index (χ0n) is 14.1. The van der Waals surface area contributed by atoms with E-state index in [4.69, 9.17) is 10.5 Å². The molecule has 0 saturated carbocycles. The second kappa shape index (κ2) is 9.13. The quantitative estimate of drug-likeness (QED) is 0.750. The summed E-state index contributed by atoms with van der Waals surface area (Å²) in [6.07, 6.45) is 2.72. The van der Waals surface area contributed by atoms with Crippen molar-refractivity contribution in [2.75, 3.05) is 45.1 Å². The molecule has 1 aliphatic heterocycles. The van der Waals surface area contributed by atoms with Gasteiger partial charge in [-0.3, -0.25) is 4.90 Å². The number of likely N-dealkylation sites (tertiary alicyclic amines) is 1. The SMILES string of the molecule is CCN(CC)CCOC1CCN(Cc2cccc(N)c2)CC1. The first-order valence-electron chi connectivity index (χ1n) is 8.62. The predicted molar refractivity (Wildman–Crippen MR) is 92.9 cm³/mol. The number of nitrogens with zero attached hydrogens (tertiary/aromatic N) is 2. The summed E-state index contributed by atoms with van der Waals surface area (Å²) < 4.78 is 6.05. The number of nitrogen functional groups attached to an aromatic ring is 1. The molecule has 0 aliphatic carbocycles. The molecular formula is C18H31N3O. The number of anilines is 1. The lowest BCUT2D eigenvalue weighted by Crippen LogP contribution is -2.37. The highest BCUT2D eigenvalue weighted by molar-refractivity contribution is 5.40. The van der Waals surface area contributed by atoms with E-state index in [0.29, 0.717) is 6.10 Å². The molecule has 2 rings (SSSR count). The van der Waals surface area contributed by atoms with Crippen molar-refractivity contribution >= 4 is 5.69 Å². The van der Waals surface area contributed by atoms with Gasteiger partial charge in [0.25, 0.3) is 0 Å². The number of ether oxygens (including phenoxy) is 1. The first-order valence-corrected chi connectivity index (χ1v) is 8.62. The molecule has 2 N–H and O–H groups in total. The van der Waals surface area contributed by atoms with Crippen LogP contribution in [-0.2, 0) is 11.3 Å². The van der Waals surface area contributed by atoms with Crippen molar-refractivity contribution in [1.29, 1.82) is 0 Å². The molecule has 1 aliphatic rings. The lowest BCUT2D eigenvalue weighted by atomic mass is 10.1. The van der Waals surface area contributed by atoms with Crippen molar-refractivity contribution < 1.29 is 4.74 Å². The van der Waals surface area contributed by atoms with Gasteiger partial charge in [-0.25, -0.2) is 0 Å². The van der Waals surface area contributed by atoms with E-state index in [1.807, 2.05) is 12.1 Å². The molecule has 1 aromatic carbocycles. The van der Waals surface area contributed by atoms with Crippen LogP contribution in [0.5, 0.6) is 0 Å². The van der Waals surface area contributed by atoms with E-state index in [-0.39, 0.29) is 0 Å². The van der Waals surface area contributed by atoms with Gasteiger partial charge in [-0.1, -0.05) is 26.0 Å². The Bertz CT molecular complexity index is 426. The van der Waals surface area contributed by atoms with Crippen LogP contribution < -0.4 is 5.73 Å². The van der Waals surface area contributed by atoms with Gasteiger partial charge in [-0.05, 0) is 43.6 Å². The van der Waals surface area contributed by atoms with Crippen LogP contribution in [0.15, 0.2) is 24.3 Å². The highest BCUT2D eigenvalue weighted by Gasteiger charge is 2.19. The second-order valence-electron chi connectivity index (χ2n) is 6.12. The van der Waals surface area contributed by atoms with Crippen LogP contribution in [0.2, 0.25) is 0 Å². The van der Waals surface area contributed by atoms with E-state index >= 15 is 0 Å². The van der Waals surface area contributed by atoms with E-state index in [2.05, 4.69) is 35.8 Å². The fourth-order valence-corrected chi connectivity index (χ4v) is 3.07. The zero-order chi connectivity index (χ0) is 15.8. The van der Waals surface area contributed by atoms with Crippen LogP contribution >= 0.6 is 0 Å². The van der Waals surface area contributed by atoms with Crippen LogP contribution in [0.4, 0.5) is 5.69 Å². The zero-order valence-corrected chi connectivity index (χ0v) is 14.1. The van der Waals surface area contributed by atoms with Crippen molar-refractivity contribution in [3.63, 3.8) is 0 Å². The summed E-state index contributed by atoms with van der Waals surface area (Å²) >= 11 is 0. The van der Waals surface area contributed by atoms with E-state index in [0.717, 1.165) is 64.4 Å². The molecule has 1 heterocycles. The minimum Gasteiger partial charge on any atom is -0.399 e. The number of piperidine rings is 1. The average molecular weight is 305 g/mol.